The van der Waals surface area contributed by atoms with Crippen molar-refractivity contribution in [3.05, 3.63) is 72.2 Å². The van der Waals surface area contributed by atoms with Crippen molar-refractivity contribution < 1.29 is 0 Å². The second-order valence-electron chi connectivity index (χ2n) is 7.14. The van der Waals surface area contributed by atoms with E-state index in [4.69, 9.17) is 0 Å². The summed E-state index contributed by atoms with van der Waals surface area (Å²) in [6.07, 6.45) is 5.44. The number of aromatic nitrogens is 2. The van der Waals surface area contributed by atoms with Gasteiger partial charge in [-0.2, -0.15) is 0 Å². The molecule has 3 aromatic rings. The molecule has 4 heteroatoms. The minimum absolute atomic E-state index is 0.505. The van der Waals surface area contributed by atoms with Crippen LogP contribution in [0.5, 0.6) is 0 Å². The third-order valence-electron chi connectivity index (χ3n) is 5.28. The van der Waals surface area contributed by atoms with E-state index in [0.717, 1.165) is 24.4 Å². The molecule has 130 valence electrons. The molecular weight excluding hydrogens is 308 g/mol. The van der Waals surface area contributed by atoms with E-state index < -0.39 is 0 Å². The fourth-order valence-electron chi connectivity index (χ4n) is 3.76. The van der Waals surface area contributed by atoms with Crippen LogP contribution in [-0.4, -0.2) is 33.4 Å². The smallest absolute Gasteiger partial charge is 0.137 e. The molecule has 1 N–H and O–H groups in total. The van der Waals surface area contributed by atoms with Gasteiger partial charge in [-0.3, -0.25) is 4.90 Å². The number of hydrogen-bond donors (Lipinski definition) is 1. The molecule has 2 atom stereocenters. The highest BCUT2D eigenvalue weighted by Gasteiger charge is 2.26. The topological polar surface area (TPSA) is 32.6 Å². The molecule has 1 fully saturated rings. The first-order valence-corrected chi connectivity index (χ1v) is 9.20. The Balaban J connectivity index is 1.29. The lowest BCUT2D eigenvalue weighted by Gasteiger charge is -2.21. The van der Waals surface area contributed by atoms with Crippen molar-refractivity contribution in [2.75, 3.05) is 13.1 Å². The average Bonchev–Trinajstić information content (AvgIpc) is 3.27. The maximum absolute atomic E-state index is 4.67. The molecule has 4 nitrogen and oxygen atoms in total. The Bertz CT molecular complexity index is 778. The highest BCUT2D eigenvalue weighted by molar-refractivity contribution is 5.39. The Morgan fingerprint density at radius 1 is 1.16 bits per heavy atom. The van der Waals surface area contributed by atoms with Gasteiger partial charge >= 0.3 is 0 Å². The van der Waals surface area contributed by atoms with Gasteiger partial charge in [0.25, 0.3) is 0 Å². The van der Waals surface area contributed by atoms with Crippen molar-refractivity contribution in [2.45, 2.75) is 32.5 Å². The van der Waals surface area contributed by atoms with E-state index in [9.17, 15) is 0 Å². The Morgan fingerprint density at radius 2 is 2.00 bits per heavy atom. The standard InChI is InChI=1S/C21H26N4/c1-17(22-13-20-16-25-11-6-5-9-21(25)23-20)19-10-12-24(15-19)14-18-7-3-2-4-8-18/h2-9,11,16-17,19,22H,10,12-15H2,1H3/t17-,19+/m0/s1. The summed E-state index contributed by atoms with van der Waals surface area (Å²) in [6, 6.07) is 17.4. The second kappa shape index (κ2) is 7.38. The average molecular weight is 334 g/mol. The minimum Gasteiger partial charge on any atom is -0.308 e. The zero-order valence-electron chi connectivity index (χ0n) is 14.8. The Morgan fingerprint density at radius 3 is 2.84 bits per heavy atom. The summed E-state index contributed by atoms with van der Waals surface area (Å²) in [7, 11) is 0. The third kappa shape index (κ3) is 3.91. The lowest BCUT2D eigenvalue weighted by molar-refractivity contribution is 0.296. The molecule has 0 saturated carbocycles. The molecule has 4 rings (SSSR count). The van der Waals surface area contributed by atoms with Crippen LogP contribution in [0.25, 0.3) is 5.65 Å². The molecule has 3 heterocycles. The zero-order chi connectivity index (χ0) is 17.1. The summed E-state index contributed by atoms with van der Waals surface area (Å²) in [6.45, 7) is 6.58. The van der Waals surface area contributed by atoms with Gasteiger partial charge in [-0.05, 0) is 43.5 Å². The molecular formula is C21H26N4. The highest BCUT2D eigenvalue weighted by Crippen LogP contribution is 2.22. The fraction of sp³-hybridized carbons (Fsp3) is 0.381. The number of hydrogen-bond acceptors (Lipinski definition) is 3. The van der Waals surface area contributed by atoms with Crippen molar-refractivity contribution in [2.24, 2.45) is 5.92 Å². The van der Waals surface area contributed by atoms with Crippen molar-refractivity contribution in [3.63, 3.8) is 0 Å². The largest absolute Gasteiger partial charge is 0.308 e. The van der Waals surface area contributed by atoms with E-state index in [1.54, 1.807) is 0 Å². The van der Waals surface area contributed by atoms with E-state index in [1.165, 1.54) is 25.1 Å². The SMILES string of the molecule is C[C@H](NCc1cn2ccccc2n1)[C@@H]1CCN(Cc2ccccc2)C1. The van der Waals surface area contributed by atoms with Gasteiger partial charge in [-0.15, -0.1) is 0 Å². The molecule has 0 radical (unpaired) electrons. The van der Waals surface area contributed by atoms with Crippen molar-refractivity contribution >= 4 is 5.65 Å². The van der Waals surface area contributed by atoms with Crippen molar-refractivity contribution in [1.82, 2.24) is 19.6 Å². The zero-order valence-corrected chi connectivity index (χ0v) is 14.8. The van der Waals surface area contributed by atoms with E-state index >= 15 is 0 Å². The van der Waals surface area contributed by atoms with Crippen LogP contribution >= 0.6 is 0 Å². The molecule has 1 aliphatic rings. The first kappa shape index (κ1) is 16.3. The summed E-state index contributed by atoms with van der Waals surface area (Å²) < 4.78 is 2.08. The fourth-order valence-corrected chi connectivity index (χ4v) is 3.76. The lowest BCUT2D eigenvalue weighted by atomic mass is 10.0. The molecule has 0 amide bonds. The normalized spacial score (nSPS) is 19.5. The molecule has 25 heavy (non-hydrogen) atoms. The van der Waals surface area contributed by atoms with Gasteiger partial charge in [0.1, 0.15) is 5.65 Å². The van der Waals surface area contributed by atoms with Gasteiger partial charge in [0.2, 0.25) is 0 Å². The summed E-state index contributed by atoms with van der Waals surface area (Å²) >= 11 is 0. The van der Waals surface area contributed by atoms with Gasteiger partial charge in [0.05, 0.1) is 5.69 Å². The van der Waals surface area contributed by atoms with Crippen LogP contribution in [0.2, 0.25) is 0 Å². The number of imidazole rings is 1. The Labute approximate surface area is 149 Å². The predicted octanol–water partition coefficient (Wildman–Crippen LogP) is 3.33. The van der Waals surface area contributed by atoms with Crippen LogP contribution in [0, 0.1) is 5.92 Å². The van der Waals surface area contributed by atoms with Gasteiger partial charge in [0, 0.05) is 38.1 Å². The van der Waals surface area contributed by atoms with Crippen LogP contribution < -0.4 is 5.32 Å². The maximum Gasteiger partial charge on any atom is 0.137 e. The van der Waals surface area contributed by atoms with Crippen LogP contribution in [0.1, 0.15) is 24.6 Å². The van der Waals surface area contributed by atoms with Crippen LogP contribution in [-0.2, 0) is 13.1 Å². The number of nitrogens with zero attached hydrogens (tertiary/aromatic N) is 3. The van der Waals surface area contributed by atoms with Crippen LogP contribution in [0.4, 0.5) is 0 Å². The van der Waals surface area contributed by atoms with Gasteiger partial charge in [0.15, 0.2) is 0 Å². The number of pyridine rings is 1. The molecule has 1 saturated heterocycles. The molecule has 1 aromatic carbocycles. The summed E-state index contributed by atoms with van der Waals surface area (Å²) in [4.78, 5) is 7.24. The molecule has 0 spiro atoms. The first-order valence-electron chi connectivity index (χ1n) is 9.20. The van der Waals surface area contributed by atoms with Crippen molar-refractivity contribution in [1.29, 1.82) is 0 Å². The number of rotatable bonds is 6. The highest BCUT2D eigenvalue weighted by atomic mass is 15.2. The van der Waals surface area contributed by atoms with E-state index in [-0.39, 0.29) is 0 Å². The molecule has 0 aliphatic carbocycles. The molecule has 0 unspecified atom stereocenters. The van der Waals surface area contributed by atoms with Gasteiger partial charge < -0.3 is 9.72 Å². The monoisotopic (exact) mass is 334 g/mol. The maximum atomic E-state index is 4.67. The van der Waals surface area contributed by atoms with Crippen molar-refractivity contribution in [3.8, 4) is 0 Å². The van der Waals surface area contributed by atoms with Gasteiger partial charge in [-0.25, -0.2) is 4.98 Å². The number of benzene rings is 1. The van der Waals surface area contributed by atoms with Gasteiger partial charge in [-0.1, -0.05) is 36.4 Å². The first-order chi connectivity index (χ1) is 12.3. The Kier molecular flexibility index (Phi) is 4.81. The third-order valence-corrected chi connectivity index (χ3v) is 5.28. The van der Waals surface area contributed by atoms with Crippen LogP contribution in [0.3, 0.4) is 0 Å². The van der Waals surface area contributed by atoms with E-state index in [2.05, 4.69) is 63.1 Å². The quantitative estimate of drug-likeness (QED) is 0.750. The second-order valence-corrected chi connectivity index (χ2v) is 7.14. The summed E-state index contributed by atoms with van der Waals surface area (Å²) in [5.74, 6) is 0.709. The Hall–Kier alpha value is -2.17. The van der Waals surface area contributed by atoms with E-state index in [0.29, 0.717) is 12.0 Å². The summed E-state index contributed by atoms with van der Waals surface area (Å²) in [5, 5.41) is 3.68. The molecule has 1 aliphatic heterocycles. The summed E-state index contributed by atoms with van der Waals surface area (Å²) in [5.41, 5.74) is 3.53. The minimum atomic E-state index is 0.505. The molecule has 2 aromatic heterocycles. The number of likely N-dealkylation sites (tertiary alicyclic amines) is 1. The number of fused-ring (bicyclic) bond motifs is 1. The lowest BCUT2D eigenvalue weighted by Crippen LogP contribution is -2.35. The molecule has 0 bridgehead atoms. The predicted molar refractivity (Wildman–Crippen MR) is 101 cm³/mol. The van der Waals surface area contributed by atoms with Crippen LogP contribution in [0.15, 0.2) is 60.9 Å². The van der Waals surface area contributed by atoms with E-state index in [1.807, 2.05) is 24.4 Å². The number of nitrogens with one attached hydrogen (secondary N) is 1.